The molecule has 0 radical (unpaired) electrons. The molecular formula is C42H41N9O6. The van der Waals surface area contributed by atoms with Gasteiger partial charge in [0.25, 0.3) is 17.7 Å². The first-order chi connectivity index (χ1) is 27.5. The van der Waals surface area contributed by atoms with Gasteiger partial charge in [-0.15, -0.1) is 0 Å². The number of amides is 3. The summed E-state index contributed by atoms with van der Waals surface area (Å²) in [6.07, 6.45) is 3.08. The van der Waals surface area contributed by atoms with E-state index in [9.17, 15) is 24.0 Å². The van der Waals surface area contributed by atoms with Crippen molar-refractivity contribution in [3.63, 3.8) is 0 Å². The Bertz CT molecular complexity index is 2680. The number of carbonyl (C=O) groups is 5. The SMILES string of the molecule is CCn1nc(C2CC2)cc1Nc1nc(C(=O)NCCCc2cccc3c2C(=O)N(C2CCC(=O)CC2=O)C3=O)nc2[nH]c3cc(-c4c(C)noc4C)c(C)cc3c12. The first-order valence-corrected chi connectivity index (χ1v) is 19.4. The van der Waals surface area contributed by atoms with Gasteiger partial charge in [-0.05, 0) is 94.7 Å². The van der Waals surface area contributed by atoms with Gasteiger partial charge in [-0.25, -0.2) is 14.6 Å². The third-order valence-corrected chi connectivity index (χ3v) is 11.3. The number of Topliss-reactive ketones (excluding diaryl/α,β-unsaturated/α-hetero) is 2. The molecule has 0 saturated heterocycles. The van der Waals surface area contributed by atoms with Gasteiger partial charge in [-0.1, -0.05) is 17.3 Å². The van der Waals surface area contributed by atoms with Gasteiger partial charge in [0.2, 0.25) is 5.82 Å². The highest BCUT2D eigenvalue weighted by Crippen LogP contribution is 2.41. The Morgan fingerprint density at radius 3 is 2.54 bits per heavy atom. The molecule has 3 N–H and O–H groups in total. The summed E-state index contributed by atoms with van der Waals surface area (Å²) in [5, 5.41) is 17.0. The second-order valence-electron chi connectivity index (χ2n) is 15.2. The number of nitrogens with one attached hydrogen (secondary N) is 3. The molecule has 15 heteroatoms. The molecule has 2 saturated carbocycles. The number of hydrogen-bond donors (Lipinski definition) is 3. The Morgan fingerprint density at radius 1 is 0.982 bits per heavy atom. The Kier molecular flexibility index (Phi) is 8.82. The van der Waals surface area contributed by atoms with Gasteiger partial charge < -0.3 is 20.1 Å². The van der Waals surface area contributed by atoms with Gasteiger partial charge in [-0.3, -0.25) is 28.9 Å². The lowest BCUT2D eigenvalue weighted by atomic mass is 9.92. The number of benzene rings is 2. The van der Waals surface area contributed by atoms with E-state index in [0.717, 1.165) is 73.7 Å². The van der Waals surface area contributed by atoms with Crippen molar-refractivity contribution in [2.75, 3.05) is 11.9 Å². The van der Waals surface area contributed by atoms with Crippen molar-refractivity contribution in [2.24, 2.45) is 0 Å². The third-order valence-electron chi connectivity index (χ3n) is 11.3. The van der Waals surface area contributed by atoms with Crippen molar-refractivity contribution < 1.29 is 28.5 Å². The van der Waals surface area contributed by atoms with Gasteiger partial charge in [0.15, 0.2) is 5.78 Å². The number of ketones is 2. The molecule has 2 aromatic carbocycles. The molecule has 9 rings (SSSR count). The van der Waals surface area contributed by atoms with Crippen LogP contribution in [0.15, 0.2) is 40.9 Å². The van der Waals surface area contributed by atoms with Crippen molar-refractivity contribution >= 4 is 62.9 Å². The quantitative estimate of drug-likeness (QED) is 0.0773. The second kappa shape index (κ2) is 13.9. The van der Waals surface area contributed by atoms with E-state index >= 15 is 0 Å². The van der Waals surface area contributed by atoms with E-state index in [2.05, 4.69) is 39.0 Å². The number of imide groups is 1. The van der Waals surface area contributed by atoms with Crippen LogP contribution in [0, 0.1) is 20.8 Å². The lowest BCUT2D eigenvalue weighted by Crippen LogP contribution is -2.47. The highest BCUT2D eigenvalue weighted by molar-refractivity contribution is 6.24. The van der Waals surface area contributed by atoms with E-state index in [0.29, 0.717) is 42.3 Å². The zero-order valence-corrected chi connectivity index (χ0v) is 32.1. The van der Waals surface area contributed by atoms with Crippen LogP contribution in [-0.4, -0.2) is 76.7 Å². The molecule has 1 unspecified atom stereocenters. The van der Waals surface area contributed by atoms with Crippen LogP contribution in [0.5, 0.6) is 0 Å². The summed E-state index contributed by atoms with van der Waals surface area (Å²) in [5.74, 6) is 0.264. The number of fused-ring (bicyclic) bond motifs is 4. The van der Waals surface area contributed by atoms with E-state index in [4.69, 9.17) is 19.6 Å². The minimum atomic E-state index is -0.938. The molecule has 3 amide bonds. The van der Waals surface area contributed by atoms with Gasteiger partial charge >= 0.3 is 0 Å². The molecule has 290 valence electrons. The largest absolute Gasteiger partial charge is 0.361 e. The lowest BCUT2D eigenvalue weighted by molar-refractivity contribution is -0.132. The summed E-state index contributed by atoms with van der Waals surface area (Å²) in [6, 6.07) is 10.3. The van der Waals surface area contributed by atoms with Gasteiger partial charge in [0.1, 0.15) is 28.8 Å². The third kappa shape index (κ3) is 6.26. The van der Waals surface area contributed by atoms with Gasteiger partial charge in [-0.2, -0.15) is 5.10 Å². The molecule has 0 spiro atoms. The van der Waals surface area contributed by atoms with Gasteiger partial charge in [0.05, 0.1) is 40.4 Å². The molecule has 2 fully saturated rings. The molecule has 1 aliphatic heterocycles. The maximum Gasteiger partial charge on any atom is 0.289 e. The number of rotatable bonds is 11. The smallest absolute Gasteiger partial charge is 0.289 e. The van der Waals surface area contributed by atoms with Crippen LogP contribution in [0.3, 0.4) is 0 Å². The maximum atomic E-state index is 13.8. The first-order valence-electron chi connectivity index (χ1n) is 19.4. The molecule has 6 aromatic rings. The van der Waals surface area contributed by atoms with E-state index in [-0.39, 0.29) is 48.5 Å². The van der Waals surface area contributed by atoms with Crippen LogP contribution < -0.4 is 10.6 Å². The molecule has 3 aliphatic rings. The summed E-state index contributed by atoms with van der Waals surface area (Å²) in [4.78, 5) is 79.1. The second-order valence-corrected chi connectivity index (χ2v) is 15.2. The fourth-order valence-corrected chi connectivity index (χ4v) is 8.32. The number of anilines is 2. The standard InChI is InChI=1S/C42H41N9O6/c1-5-50-33(19-29(48-50)23-11-12-23)45-38-36-28-16-20(2)27(34-21(3)49-57-22(34)4)18-30(28)44-37(36)46-39(47-38)40(54)43-15-7-9-24-8-6-10-26-35(24)42(56)51(41(26)55)31-14-13-25(52)17-32(31)53/h6,8,10,16,18-19,23,31H,5,7,9,11-15,17H2,1-4H3,(H,43,54)(H2,44,45,46,47). The van der Waals surface area contributed by atoms with Crippen molar-refractivity contribution in [2.45, 2.75) is 91.1 Å². The van der Waals surface area contributed by atoms with Crippen LogP contribution in [0.25, 0.3) is 33.1 Å². The zero-order valence-electron chi connectivity index (χ0n) is 32.1. The Morgan fingerprint density at radius 2 is 1.81 bits per heavy atom. The molecule has 2 aliphatic carbocycles. The first kappa shape index (κ1) is 36.1. The van der Waals surface area contributed by atoms with Crippen molar-refractivity contribution in [3.8, 4) is 11.1 Å². The Hall–Kier alpha value is -6.51. The van der Waals surface area contributed by atoms with E-state index < -0.39 is 29.5 Å². The zero-order chi connectivity index (χ0) is 39.7. The normalized spacial score (nSPS) is 17.0. The number of carbonyl (C=O) groups excluding carboxylic acids is 5. The van der Waals surface area contributed by atoms with Crippen LogP contribution in [0.1, 0.15) is 111 Å². The minimum absolute atomic E-state index is 0.0307. The maximum absolute atomic E-state index is 13.8. The number of aryl methyl sites for hydroxylation is 5. The summed E-state index contributed by atoms with van der Waals surface area (Å²) in [7, 11) is 0. The van der Waals surface area contributed by atoms with Gasteiger partial charge in [0, 0.05) is 48.0 Å². The van der Waals surface area contributed by atoms with Crippen LogP contribution >= 0.6 is 0 Å². The number of aromatic amines is 1. The number of nitrogens with zero attached hydrogens (tertiary/aromatic N) is 6. The van der Waals surface area contributed by atoms with Crippen molar-refractivity contribution in [3.05, 3.63) is 81.6 Å². The number of hydrogen-bond acceptors (Lipinski definition) is 11. The predicted molar refractivity (Wildman–Crippen MR) is 210 cm³/mol. The summed E-state index contributed by atoms with van der Waals surface area (Å²) >= 11 is 0. The van der Waals surface area contributed by atoms with Crippen LogP contribution in [0.4, 0.5) is 11.6 Å². The minimum Gasteiger partial charge on any atom is -0.361 e. The van der Waals surface area contributed by atoms with Crippen LogP contribution in [-0.2, 0) is 22.6 Å². The highest BCUT2D eigenvalue weighted by Gasteiger charge is 2.45. The molecule has 0 bridgehead atoms. The van der Waals surface area contributed by atoms with E-state index in [1.807, 2.05) is 32.4 Å². The predicted octanol–water partition coefficient (Wildman–Crippen LogP) is 6.18. The average Bonchev–Trinajstić information content (AvgIpc) is 3.64. The van der Waals surface area contributed by atoms with Crippen molar-refractivity contribution in [1.29, 1.82) is 0 Å². The molecule has 5 heterocycles. The fourth-order valence-electron chi connectivity index (χ4n) is 8.32. The number of H-pyrrole nitrogens is 1. The van der Waals surface area contributed by atoms with Crippen LogP contribution in [0.2, 0.25) is 0 Å². The summed E-state index contributed by atoms with van der Waals surface area (Å²) in [6.45, 7) is 8.76. The highest BCUT2D eigenvalue weighted by atomic mass is 16.5. The topological polar surface area (TPSA) is 198 Å². The average molecular weight is 768 g/mol. The molecule has 57 heavy (non-hydrogen) atoms. The lowest BCUT2D eigenvalue weighted by Gasteiger charge is -2.27. The van der Waals surface area contributed by atoms with E-state index in [1.54, 1.807) is 18.2 Å². The molecular weight excluding hydrogens is 727 g/mol. The number of aromatic nitrogens is 6. The molecule has 1 atom stereocenters. The summed E-state index contributed by atoms with van der Waals surface area (Å²) < 4.78 is 7.39. The Balaban J connectivity index is 0.985. The van der Waals surface area contributed by atoms with Crippen molar-refractivity contribution in [1.82, 2.24) is 40.1 Å². The molecule has 15 nitrogen and oxygen atoms in total. The van der Waals surface area contributed by atoms with E-state index in [1.165, 1.54) is 0 Å². The fraction of sp³-hybridized carbons (Fsp3) is 0.357. The summed E-state index contributed by atoms with van der Waals surface area (Å²) in [5.41, 5.74) is 7.21. The monoisotopic (exact) mass is 767 g/mol. The molecule has 4 aromatic heterocycles. The Labute approximate surface area is 326 Å².